The Balaban J connectivity index is 2.48. The second-order valence-electron chi connectivity index (χ2n) is 4.93. The number of nitrogens with zero attached hydrogens (tertiary/aromatic N) is 3. The zero-order chi connectivity index (χ0) is 14.5. The van der Waals surface area contributed by atoms with Gasteiger partial charge in [0, 0.05) is 36.0 Å². The molecular weight excluding hydrogens is 248 g/mol. The molecule has 0 saturated heterocycles. The summed E-state index contributed by atoms with van der Waals surface area (Å²) in [6.45, 7) is 9.20. The van der Waals surface area contributed by atoms with Crippen molar-refractivity contribution in [1.82, 2.24) is 15.0 Å². The van der Waals surface area contributed by atoms with Gasteiger partial charge in [-0.1, -0.05) is 13.8 Å². The van der Waals surface area contributed by atoms with Gasteiger partial charge in [0.1, 0.15) is 11.6 Å². The van der Waals surface area contributed by atoms with Gasteiger partial charge in [-0.2, -0.15) is 0 Å². The molecular formula is C16H22N4. The Morgan fingerprint density at radius 3 is 2.50 bits per heavy atom. The lowest BCUT2D eigenvalue weighted by Crippen LogP contribution is -2.08. The average Bonchev–Trinajstić information content (AvgIpc) is 2.47. The fourth-order valence-corrected chi connectivity index (χ4v) is 2.03. The summed E-state index contributed by atoms with van der Waals surface area (Å²) in [5, 5.41) is 3.39. The van der Waals surface area contributed by atoms with Crippen LogP contribution in [0.15, 0.2) is 18.3 Å². The van der Waals surface area contributed by atoms with Crippen molar-refractivity contribution >= 4 is 5.82 Å². The first-order valence-electron chi connectivity index (χ1n) is 7.20. The van der Waals surface area contributed by atoms with E-state index in [9.17, 15) is 0 Å². The molecule has 0 amide bonds. The molecule has 0 radical (unpaired) electrons. The Hall–Kier alpha value is -1.97. The van der Waals surface area contributed by atoms with Crippen LogP contribution in [0.2, 0.25) is 0 Å². The molecule has 4 nitrogen and oxygen atoms in total. The van der Waals surface area contributed by atoms with Gasteiger partial charge in [0.05, 0.1) is 5.69 Å². The summed E-state index contributed by atoms with van der Waals surface area (Å²) in [6.07, 6.45) is 3.79. The van der Waals surface area contributed by atoms with Gasteiger partial charge >= 0.3 is 0 Å². The highest BCUT2D eigenvalue weighted by Crippen LogP contribution is 2.25. The van der Waals surface area contributed by atoms with Crippen LogP contribution in [0.4, 0.5) is 5.82 Å². The molecule has 0 saturated carbocycles. The van der Waals surface area contributed by atoms with E-state index in [1.54, 1.807) is 0 Å². The Kier molecular flexibility index (Phi) is 4.66. The number of hydrogen-bond acceptors (Lipinski definition) is 4. The van der Waals surface area contributed by atoms with Crippen LogP contribution in [-0.2, 0) is 6.42 Å². The van der Waals surface area contributed by atoms with Crippen molar-refractivity contribution in [2.45, 2.75) is 40.5 Å². The molecule has 0 unspecified atom stereocenters. The van der Waals surface area contributed by atoms with E-state index in [1.165, 1.54) is 0 Å². The number of hydrogen-bond donors (Lipinski definition) is 1. The van der Waals surface area contributed by atoms with E-state index in [0.717, 1.165) is 53.5 Å². The standard InChI is InChI=1S/C16H22N4/c1-5-9-17-16-12(4)15(19-14(6-2)20-16)13-8-7-11(3)18-10-13/h7-8,10H,5-6,9H2,1-4H3,(H,17,19,20). The van der Waals surface area contributed by atoms with E-state index >= 15 is 0 Å². The molecule has 0 aromatic carbocycles. The topological polar surface area (TPSA) is 50.7 Å². The highest BCUT2D eigenvalue weighted by Gasteiger charge is 2.11. The van der Waals surface area contributed by atoms with Crippen LogP contribution in [0.1, 0.15) is 37.4 Å². The molecule has 0 fully saturated rings. The van der Waals surface area contributed by atoms with Crippen LogP contribution < -0.4 is 5.32 Å². The monoisotopic (exact) mass is 270 g/mol. The van der Waals surface area contributed by atoms with Crippen molar-refractivity contribution in [3.8, 4) is 11.3 Å². The summed E-state index contributed by atoms with van der Waals surface area (Å²) < 4.78 is 0. The molecule has 0 aliphatic heterocycles. The molecule has 106 valence electrons. The number of nitrogens with one attached hydrogen (secondary N) is 1. The van der Waals surface area contributed by atoms with Crippen molar-refractivity contribution in [3.63, 3.8) is 0 Å². The third-order valence-electron chi connectivity index (χ3n) is 3.24. The van der Waals surface area contributed by atoms with Crippen molar-refractivity contribution in [1.29, 1.82) is 0 Å². The Morgan fingerprint density at radius 1 is 1.10 bits per heavy atom. The Labute approximate surface area is 120 Å². The number of pyridine rings is 1. The quantitative estimate of drug-likeness (QED) is 0.903. The van der Waals surface area contributed by atoms with Gasteiger partial charge in [-0.3, -0.25) is 4.98 Å². The number of rotatable bonds is 5. The van der Waals surface area contributed by atoms with Crippen molar-refractivity contribution in [2.24, 2.45) is 0 Å². The largest absolute Gasteiger partial charge is 0.370 e. The molecule has 0 spiro atoms. The number of aromatic nitrogens is 3. The summed E-state index contributed by atoms with van der Waals surface area (Å²) in [5.74, 6) is 1.80. The first-order valence-corrected chi connectivity index (χ1v) is 7.20. The fraction of sp³-hybridized carbons (Fsp3) is 0.438. The molecule has 0 aliphatic rings. The van der Waals surface area contributed by atoms with E-state index < -0.39 is 0 Å². The molecule has 1 N–H and O–H groups in total. The summed E-state index contributed by atoms with van der Waals surface area (Å²) >= 11 is 0. The summed E-state index contributed by atoms with van der Waals surface area (Å²) in [5.41, 5.74) is 4.12. The molecule has 0 bridgehead atoms. The molecule has 2 aromatic rings. The minimum atomic E-state index is 0.827. The third-order valence-corrected chi connectivity index (χ3v) is 3.24. The lowest BCUT2D eigenvalue weighted by molar-refractivity contribution is 0.910. The van der Waals surface area contributed by atoms with Crippen LogP contribution in [-0.4, -0.2) is 21.5 Å². The molecule has 20 heavy (non-hydrogen) atoms. The van der Waals surface area contributed by atoms with Gasteiger partial charge < -0.3 is 5.32 Å². The minimum absolute atomic E-state index is 0.827. The van der Waals surface area contributed by atoms with Gasteiger partial charge in [0.2, 0.25) is 0 Å². The molecule has 4 heteroatoms. The summed E-state index contributed by atoms with van der Waals surface area (Å²) in [7, 11) is 0. The lowest BCUT2D eigenvalue weighted by atomic mass is 10.1. The van der Waals surface area contributed by atoms with Gasteiger partial charge in [0.15, 0.2) is 0 Å². The second kappa shape index (κ2) is 6.46. The zero-order valence-electron chi connectivity index (χ0n) is 12.7. The van der Waals surface area contributed by atoms with Gasteiger partial charge in [-0.15, -0.1) is 0 Å². The maximum atomic E-state index is 4.67. The van der Waals surface area contributed by atoms with E-state index in [4.69, 9.17) is 0 Å². The lowest BCUT2D eigenvalue weighted by Gasteiger charge is -2.13. The normalized spacial score (nSPS) is 10.6. The van der Waals surface area contributed by atoms with Crippen molar-refractivity contribution in [2.75, 3.05) is 11.9 Å². The maximum Gasteiger partial charge on any atom is 0.133 e. The van der Waals surface area contributed by atoms with E-state index in [-0.39, 0.29) is 0 Å². The highest BCUT2D eigenvalue weighted by atomic mass is 15.0. The zero-order valence-corrected chi connectivity index (χ0v) is 12.7. The van der Waals surface area contributed by atoms with Crippen molar-refractivity contribution < 1.29 is 0 Å². The van der Waals surface area contributed by atoms with E-state index in [1.807, 2.05) is 19.2 Å². The first kappa shape index (κ1) is 14.4. The molecule has 2 heterocycles. The smallest absolute Gasteiger partial charge is 0.133 e. The van der Waals surface area contributed by atoms with Crippen LogP contribution >= 0.6 is 0 Å². The predicted octanol–water partition coefficient (Wildman–Crippen LogP) is 3.54. The average molecular weight is 270 g/mol. The fourth-order valence-electron chi connectivity index (χ4n) is 2.03. The van der Waals surface area contributed by atoms with Crippen molar-refractivity contribution in [3.05, 3.63) is 35.4 Å². The Bertz CT molecular complexity index is 576. The highest BCUT2D eigenvalue weighted by molar-refractivity contribution is 5.67. The maximum absolute atomic E-state index is 4.67. The summed E-state index contributed by atoms with van der Waals surface area (Å²) in [6, 6.07) is 4.09. The summed E-state index contributed by atoms with van der Waals surface area (Å²) in [4.78, 5) is 13.6. The van der Waals surface area contributed by atoms with Gasteiger partial charge in [0.25, 0.3) is 0 Å². The Morgan fingerprint density at radius 2 is 1.90 bits per heavy atom. The molecule has 0 atom stereocenters. The van der Waals surface area contributed by atoms with E-state index in [2.05, 4.69) is 47.1 Å². The van der Waals surface area contributed by atoms with Crippen LogP contribution in [0, 0.1) is 13.8 Å². The third kappa shape index (κ3) is 3.13. The van der Waals surface area contributed by atoms with Gasteiger partial charge in [-0.25, -0.2) is 9.97 Å². The number of aryl methyl sites for hydroxylation is 2. The first-order chi connectivity index (χ1) is 9.65. The molecule has 2 rings (SSSR count). The molecule has 2 aromatic heterocycles. The van der Waals surface area contributed by atoms with Crippen LogP contribution in [0.25, 0.3) is 11.3 Å². The number of anilines is 1. The van der Waals surface area contributed by atoms with Crippen LogP contribution in [0.3, 0.4) is 0 Å². The minimum Gasteiger partial charge on any atom is -0.370 e. The SMILES string of the molecule is CCCNc1nc(CC)nc(-c2ccc(C)nc2)c1C. The van der Waals surface area contributed by atoms with Gasteiger partial charge in [-0.05, 0) is 32.4 Å². The predicted molar refractivity (Wildman–Crippen MR) is 82.9 cm³/mol. The second-order valence-corrected chi connectivity index (χ2v) is 4.93. The van der Waals surface area contributed by atoms with E-state index in [0.29, 0.717) is 0 Å². The van der Waals surface area contributed by atoms with Crippen LogP contribution in [0.5, 0.6) is 0 Å². The molecule has 0 aliphatic carbocycles.